The van der Waals surface area contributed by atoms with E-state index in [0.717, 1.165) is 16.2 Å². The lowest BCUT2D eigenvalue weighted by molar-refractivity contribution is 0.414. The van der Waals surface area contributed by atoms with E-state index in [1.807, 2.05) is 31.2 Å². The second-order valence-corrected chi connectivity index (χ2v) is 8.92. The van der Waals surface area contributed by atoms with Crippen LogP contribution in [-0.2, 0) is 9.84 Å². The first-order valence-corrected chi connectivity index (χ1v) is 10.2. The first-order chi connectivity index (χ1) is 10.9. The molecule has 0 saturated carbocycles. The molecule has 23 heavy (non-hydrogen) atoms. The van der Waals surface area contributed by atoms with E-state index >= 15 is 0 Å². The Balaban J connectivity index is 1.92. The van der Waals surface area contributed by atoms with E-state index < -0.39 is 15.2 Å². The summed E-state index contributed by atoms with van der Waals surface area (Å²) in [5.74, 6) is 1.25. The summed E-state index contributed by atoms with van der Waals surface area (Å²) in [4.78, 5) is 1.35. The molecule has 0 aromatic heterocycles. The third kappa shape index (κ3) is 5.44. The standard InChI is InChI=1S/C17H19ClO3S2/c1-13-3-9-17(10-4-13)23(19,20)12-14(18)11-22-16-7-5-15(21-2)6-8-16/h3-10,14H,11-12H2,1-2H3/t14-/m1/s1. The highest BCUT2D eigenvalue weighted by atomic mass is 35.5. The zero-order valence-electron chi connectivity index (χ0n) is 13.0. The minimum atomic E-state index is -3.36. The van der Waals surface area contributed by atoms with Crippen molar-refractivity contribution in [3.63, 3.8) is 0 Å². The van der Waals surface area contributed by atoms with Crippen molar-refractivity contribution in [1.29, 1.82) is 0 Å². The van der Waals surface area contributed by atoms with Crippen LogP contribution in [0.25, 0.3) is 0 Å². The van der Waals surface area contributed by atoms with Gasteiger partial charge in [0.2, 0.25) is 0 Å². The topological polar surface area (TPSA) is 43.4 Å². The van der Waals surface area contributed by atoms with E-state index in [0.29, 0.717) is 10.6 Å². The number of alkyl halides is 1. The van der Waals surface area contributed by atoms with Gasteiger partial charge in [-0.2, -0.15) is 0 Å². The lowest BCUT2D eigenvalue weighted by Crippen LogP contribution is -2.18. The number of halogens is 1. The maximum atomic E-state index is 12.3. The molecule has 3 nitrogen and oxygen atoms in total. The van der Waals surface area contributed by atoms with Crippen molar-refractivity contribution in [3.05, 3.63) is 54.1 Å². The summed E-state index contributed by atoms with van der Waals surface area (Å²) in [5, 5.41) is -0.451. The SMILES string of the molecule is COc1ccc(SC[C@@H](Cl)CS(=O)(=O)c2ccc(C)cc2)cc1. The number of rotatable bonds is 7. The van der Waals surface area contributed by atoms with Crippen LogP contribution in [0.4, 0.5) is 0 Å². The van der Waals surface area contributed by atoms with Crippen LogP contribution in [0.3, 0.4) is 0 Å². The molecule has 0 aliphatic heterocycles. The molecular formula is C17H19ClO3S2. The summed E-state index contributed by atoms with van der Waals surface area (Å²) in [7, 11) is -1.74. The molecule has 0 aliphatic rings. The number of ether oxygens (including phenoxy) is 1. The van der Waals surface area contributed by atoms with E-state index in [4.69, 9.17) is 16.3 Å². The number of sulfone groups is 1. The molecule has 2 rings (SSSR count). The van der Waals surface area contributed by atoms with Crippen molar-refractivity contribution in [2.45, 2.75) is 22.1 Å². The zero-order valence-corrected chi connectivity index (χ0v) is 15.4. The molecule has 0 saturated heterocycles. The Morgan fingerprint density at radius 3 is 2.26 bits per heavy atom. The molecule has 0 unspecified atom stereocenters. The fourth-order valence-corrected chi connectivity index (χ4v) is 4.98. The van der Waals surface area contributed by atoms with Crippen LogP contribution < -0.4 is 4.74 Å². The van der Waals surface area contributed by atoms with Crippen LogP contribution in [0.1, 0.15) is 5.56 Å². The second kappa shape index (κ2) is 8.08. The maximum absolute atomic E-state index is 12.3. The molecule has 0 fully saturated rings. The van der Waals surface area contributed by atoms with E-state index in [1.165, 1.54) is 11.8 Å². The van der Waals surface area contributed by atoms with Crippen LogP contribution >= 0.6 is 23.4 Å². The van der Waals surface area contributed by atoms with Crippen molar-refractivity contribution in [2.75, 3.05) is 18.6 Å². The summed E-state index contributed by atoms with van der Waals surface area (Å²) >= 11 is 7.76. The van der Waals surface area contributed by atoms with Gasteiger partial charge in [0.1, 0.15) is 5.75 Å². The molecule has 0 heterocycles. The predicted molar refractivity (Wildman–Crippen MR) is 96.6 cm³/mol. The molecule has 0 radical (unpaired) electrons. The normalized spacial score (nSPS) is 12.8. The number of hydrogen-bond donors (Lipinski definition) is 0. The largest absolute Gasteiger partial charge is 0.497 e. The highest BCUT2D eigenvalue weighted by Gasteiger charge is 2.20. The van der Waals surface area contributed by atoms with E-state index in [9.17, 15) is 8.42 Å². The van der Waals surface area contributed by atoms with Gasteiger partial charge in [-0.25, -0.2) is 8.42 Å². The average molecular weight is 371 g/mol. The van der Waals surface area contributed by atoms with Crippen molar-refractivity contribution in [2.24, 2.45) is 0 Å². The van der Waals surface area contributed by atoms with Gasteiger partial charge in [0.05, 0.1) is 23.1 Å². The molecule has 0 aliphatic carbocycles. The van der Waals surface area contributed by atoms with Crippen LogP contribution in [-0.4, -0.2) is 32.4 Å². The van der Waals surface area contributed by atoms with E-state index in [-0.39, 0.29) is 5.75 Å². The van der Waals surface area contributed by atoms with Gasteiger partial charge in [-0.15, -0.1) is 23.4 Å². The van der Waals surface area contributed by atoms with Gasteiger partial charge in [0.25, 0.3) is 0 Å². The molecule has 0 spiro atoms. The van der Waals surface area contributed by atoms with Crippen LogP contribution in [0.15, 0.2) is 58.3 Å². The zero-order chi connectivity index (χ0) is 16.9. The fraction of sp³-hybridized carbons (Fsp3) is 0.294. The third-order valence-electron chi connectivity index (χ3n) is 3.27. The van der Waals surface area contributed by atoms with Gasteiger partial charge >= 0.3 is 0 Å². The minimum absolute atomic E-state index is 0.0687. The van der Waals surface area contributed by atoms with Crippen LogP contribution in [0.5, 0.6) is 5.75 Å². The first-order valence-electron chi connectivity index (χ1n) is 7.11. The molecule has 2 aromatic rings. The van der Waals surface area contributed by atoms with Gasteiger partial charge in [0, 0.05) is 10.6 Å². The minimum Gasteiger partial charge on any atom is -0.497 e. The smallest absolute Gasteiger partial charge is 0.179 e. The average Bonchev–Trinajstić information content (AvgIpc) is 2.53. The first kappa shape index (κ1) is 18.2. The lowest BCUT2D eigenvalue weighted by atomic mass is 10.2. The van der Waals surface area contributed by atoms with Crippen molar-refractivity contribution >= 4 is 33.2 Å². The monoisotopic (exact) mass is 370 g/mol. The van der Waals surface area contributed by atoms with Gasteiger partial charge in [-0.05, 0) is 43.3 Å². The van der Waals surface area contributed by atoms with Crippen molar-refractivity contribution in [3.8, 4) is 5.75 Å². The van der Waals surface area contributed by atoms with Gasteiger partial charge in [0.15, 0.2) is 9.84 Å². The molecule has 1 atom stereocenters. The third-order valence-corrected chi connectivity index (χ3v) is 6.95. The Hall–Kier alpha value is -1.17. The van der Waals surface area contributed by atoms with Gasteiger partial charge < -0.3 is 4.74 Å². The Morgan fingerprint density at radius 1 is 1.09 bits per heavy atom. The molecule has 0 bridgehead atoms. The molecule has 0 N–H and O–H groups in total. The molecule has 2 aromatic carbocycles. The Bertz CT molecular complexity index is 725. The second-order valence-electron chi connectivity index (χ2n) is 5.18. The number of thioether (sulfide) groups is 1. The molecule has 6 heteroatoms. The molecular weight excluding hydrogens is 352 g/mol. The number of benzene rings is 2. The molecule has 0 amide bonds. The summed E-state index contributed by atoms with van der Waals surface area (Å²) in [6, 6.07) is 14.5. The lowest BCUT2D eigenvalue weighted by Gasteiger charge is -2.11. The summed E-state index contributed by atoms with van der Waals surface area (Å²) in [6.07, 6.45) is 0. The highest BCUT2D eigenvalue weighted by Crippen LogP contribution is 2.24. The highest BCUT2D eigenvalue weighted by molar-refractivity contribution is 7.99. The predicted octanol–water partition coefficient (Wildman–Crippen LogP) is 4.18. The fourth-order valence-electron chi connectivity index (χ4n) is 1.99. The summed E-state index contributed by atoms with van der Waals surface area (Å²) in [6.45, 7) is 1.92. The molecule has 124 valence electrons. The summed E-state index contributed by atoms with van der Waals surface area (Å²) < 4.78 is 29.8. The van der Waals surface area contributed by atoms with Crippen molar-refractivity contribution < 1.29 is 13.2 Å². The summed E-state index contributed by atoms with van der Waals surface area (Å²) in [5.41, 5.74) is 1.03. The Kier molecular flexibility index (Phi) is 6.39. The Labute approximate surface area is 146 Å². The van der Waals surface area contributed by atoms with Crippen LogP contribution in [0.2, 0.25) is 0 Å². The van der Waals surface area contributed by atoms with E-state index in [1.54, 1.807) is 31.4 Å². The van der Waals surface area contributed by atoms with Crippen molar-refractivity contribution in [1.82, 2.24) is 0 Å². The Morgan fingerprint density at radius 2 is 1.70 bits per heavy atom. The number of aryl methyl sites for hydroxylation is 1. The number of methoxy groups -OCH3 is 1. The van der Waals surface area contributed by atoms with E-state index in [2.05, 4.69) is 0 Å². The van der Waals surface area contributed by atoms with Gasteiger partial charge in [-0.1, -0.05) is 17.7 Å². The van der Waals surface area contributed by atoms with Crippen LogP contribution in [0, 0.1) is 6.92 Å². The number of hydrogen-bond acceptors (Lipinski definition) is 4. The quantitative estimate of drug-likeness (QED) is 0.541. The maximum Gasteiger partial charge on any atom is 0.179 e. The van der Waals surface area contributed by atoms with Gasteiger partial charge in [-0.3, -0.25) is 0 Å².